The van der Waals surface area contributed by atoms with Crippen molar-refractivity contribution in [1.29, 1.82) is 0 Å². The number of thiocarbonyl (C=S) groups is 1. The predicted molar refractivity (Wildman–Crippen MR) is 131 cm³/mol. The van der Waals surface area contributed by atoms with Gasteiger partial charge in [-0.3, -0.25) is 19.8 Å². The SMILES string of the molecule is CCC(C)Oc1c(Cl)cc(C=C2C(=O)NC(=S)N(c3ccc(C)c(C)c3)C2=O)cc1OC. The number of nitrogens with zero attached hydrogens (tertiary/aromatic N) is 1. The molecule has 1 unspecified atom stereocenters. The Hall–Kier alpha value is -2.90. The first-order valence-electron chi connectivity index (χ1n) is 10.2. The van der Waals surface area contributed by atoms with E-state index in [1.165, 1.54) is 18.1 Å². The molecule has 8 heteroatoms. The number of anilines is 1. The van der Waals surface area contributed by atoms with Crippen LogP contribution in [0.2, 0.25) is 5.02 Å². The molecule has 1 aliphatic heterocycles. The van der Waals surface area contributed by atoms with Crippen LogP contribution >= 0.6 is 23.8 Å². The van der Waals surface area contributed by atoms with E-state index in [1.807, 2.05) is 39.8 Å². The number of amides is 2. The zero-order valence-corrected chi connectivity index (χ0v) is 20.2. The number of ether oxygens (including phenoxy) is 2. The van der Waals surface area contributed by atoms with E-state index in [1.54, 1.807) is 18.2 Å². The fourth-order valence-corrected chi connectivity index (χ4v) is 3.69. The van der Waals surface area contributed by atoms with E-state index in [-0.39, 0.29) is 16.8 Å². The average Bonchev–Trinajstić information content (AvgIpc) is 2.74. The second kappa shape index (κ2) is 9.71. The van der Waals surface area contributed by atoms with Gasteiger partial charge in [0, 0.05) is 0 Å². The maximum Gasteiger partial charge on any atom is 0.270 e. The van der Waals surface area contributed by atoms with Gasteiger partial charge in [0.05, 0.1) is 23.9 Å². The van der Waals surface area contributed by atoms with Crippen LogP contribution in [0.4, 0.5) is 5.69 Å². The molecule has 2 aromatic carbocycles. The number of halogens is 1. The molecule has 0 radical (unpaired) electrons. The van der Waals surface area contributed by atoms with E-state index in [4.69, 9.17) is 33.3 Å². The molecule has 32 heavy (non-hydrogen) atoms. The highest BCUT2D eigenvalue weighted by Gasteiger charge is 2.34. The third-order valence-corrected chi connectivity index (χ3v) is 5.87. The number of methoxy groups -OCH3 is 1. The zero-order chi connectivity index (χ0) is 23.6. The summed E-state index contributed by atoms with van der Waals surface area (Å²) >= 11 is 11.7. The van der Waals surface area contributed by atoms with Gasteiger partial charge in [0.15, 0.2) is 16.6 Å². The molecule has 0 saturated carbocycles. The first kappa shape index (κ1) is 23.8. The van der Waals surface area contributed by atoms with Crippen LogP contribution in [0.15, 0.2) is 35.9 Å². The number of aryl methyl sites for hydroxylation is 2. The third kappa shape index (κ3) is 4.79. The maximum absolute atomic E-state index is 13.3. The molecule has 1 fully saturated rings. The summed E-state index contributed by atoms with van der Waals surface area (Å²) in [7, 11) is 1.50. The lowest BCUT2D eigenvalue weighted by Gasteiger charge is -2.29. The van der Waals surface area contributed by atoms with Crippen molar-refractivity contribution >= 4 is 52.5 Å². The van der Waals surface area contributed by atoms with Gasteiger partial charge >= 0.3 is 0 Å². The van der Waals surface area contributed by atoms with Crippen molar-refractivity contribution in [3.8, 4) is 11.5 Å². The zero-order valence-electron chi connectivity index (χ0n) is 18.6. The van der Waals surface area contributed by atoms with Gasteiger partial charge in [-0.15, -0.1) is 0 Å². The van der Waals surface area contributed by atoms with Crippen LogP contribution in [-0.4, -0.2) is 30.1 Å². The molecule has 3 rings (SSSR count). The summed E-state index contributed by atoms with van der Waals surface area (Å²) in [6.07, 6.45) is 2.21. The molecule has 168 valence electrons. The van der Waals surface area contributed by atoms with Crippen molar-refractivity contribution in [2.45, 2.75) is 40.2 Å². The number of hydrogen-bond acceptors (Lipinski definition) is 5. The second-order valence-electron chi connectivity index (χ2n) is 7.60. The van der Waals surface area contributed by atoms with Crippen LogP contribution in [0.5, 0.6) is 11.5 Å². The number of nitrogens with one attached hydrogen (secondary N) is 1. The smallest absolute Gasteiger partial charge is 0.270 e. The van der Waals surface area contributed by atoms with Crippen molar-refractivity contribution in [2.24, 2.45) is 0 Å². The molecule has 6 nitrogen and oxygen atoms in total. The Balaban J connectivity index is 2.02. The lowest BCUT2D eigenvalue weighted by Crippen LogP contribution is -2.54. The molecule has 1 aliphatic rings. The minimum atomic E-state index is -0.574. The van der Waals surface area contributed by atoms with Crippen LogP contribution in [0.1, 0.15) is 37.0 Å². The van der Waals surface area contributed by atoms with Crippen molar-refractivity contribution < 1.29 is 19.1 Å². The van der Waals surface area contributed by atoms with Gasteiger partial charge < -0.3 is 9.47 Å². The monoisotopic (exact) mass is 472 g/mol. The van der Waals surface area contributed by atoms with Crippen LogP contribution in [-0.2, 0) is 9.59 Å². The standard InChI is InChI=1S/C24H25ClN2O4S/c1-6-15(4)31-21-19(25)11-16(12-20(21)30-5)10-18-22(28)26-24(32)27(23(18)29)17-8-7-13(2)14(3)9-17/h7-12,15H,6H2,1-5H3,(H,26,28,32). The summed E-state index contributed by atoms with van der Waals surface area (Å²) < 4.78 is 11.3. The van der Waals surface area contributed by atoms with Crippen LogP contribution in [0.25, 0.3) is 6.08 Å². The summed E-state index contributed by atoms with van der Waals surface area (Å²) in [5.74, 6) is -0.259. The lowest BCUT2D eigenvalue weighted by atomic mass is 10.0. The molecule has 0 aliphatic carbocycles. The van der Waals surface area contributed by atoms with Gasteiger partial charge in [-0.1, -0.05) is 24.6 Å². The highest BCUT2D eigenvalue weighted by Crippen LogP contribution is 2.38. The van der Waals surface area contributed by atoms with Gasteiger partial charge in [-0.25, -0.2) is 0 Å². The van der Waals surface area contributed by atoms with Gasteiger partial charge in [0.1, 0.15) is 5.57 Å². The van der Waals surface area contributed by atoms with Crippen LogP contribution < -0.4 is 19.7 Å². The number of carbonyl (C=O) groups excluding carboxylic acids is 2. The molecule has 1 heterocycles. The minimum absolute atomic E-state index is 0.0355. The van der Waals surface area contributed by atoms with E-state index in [9.17, 15) is 9.59 Å². The first-order chi connectivity index (χ1) is 15.2. The molecule has 0 bridgehead atoms. The fraction of sp³-hybridized carbons (Fsp3) is 0.292. The molecule has 2 amide bonds. The topological polar surface area (TPSA) is 67.9 Å². The molecule has 1 atom stereocenters. The molecule has 0 spiro atoms. The summed E-state index contributed by atoms with van der Waals surface area (Å²) in [5.41, 5.74) is 3.14. The molecular weight excluding hydrogens is 448 g/mol. The highest BCUT2D eigenvalue weighted by molar-refractivity contribution is 7.80. The number of rotatable bonds is 6. The van der Waals surface area contributed by atoms with Crippen LogP contribution in [0, 0.1) is 13.8 Å². The van der Waals surface area contributed by atoms with Crippen molar-refractivity contribution in [3.05, 3.63) is 57.6 Å². The molecule has 1 N–H and O–H groups in total. The van der Waals surface area contributed by atoms with Gasteiger partial charge in [-0.05, 0) is 86.4 Å². The third-order valence-electron chi connectivity index (χ3n) is 5.31. The normalized spacial score (nSPS) is 16.2. The number of carbonyl (C=O) groups is 2. The number of benzene rings is 2. The van der Waals surface area contributed by atoms with E-state index >= 15 is 0 Å². The Labute approximate surface area is 198 Å². The van der Waals surface area contributed by atoms with E-state index < -0.39 is 11.8 Å². The summed E-state index contributed by atoms with van der Waals surface area (Å²) in [4.78, 5) is 27.2. The van der Waals surface area contributed by atoms with Crippen molar-refractivity contribution in [2.75, 3.05) is 12.0 Å². The van der Waals surface area contributed by atoms with E-state index in [2.05, 4.69) is 5.32 Å². The Morgan fingerprint density at radius 3 is 2.53 bits per heavy atom. The summed E-state index contributed by atoms with van der Waals surface area (Å²) in [6.45, 7) is 7.86. The van der Waals surface area contributed by atoms with E-state index in [0.717, 1.165) is 17.5 Å². The first-order valence-corrected chi connectivity index (χ1v) is 11.0. The maximum atomic E-state index is 13.3. The van der Waals surface area contributed by atoms with Gasteiger partial charge in [-0.2, -0.15) is 0 Å². The Bertz CT molecular complexity index is 1130. The summed E-state index contributed by atoms with van der Waals surface area (Å²) in [6, 6.07) is 8.85. The van der Waals surface area contributed by atoms with Crippen molar-refractivity contribution in [1.82, 2.24) is 5.32 Å². The van der Waals surface area contributed by atoms with Gasteiger partial charge in [0.25, 0.3) is 11.8 Å². The average molecular weight is 473 g/mol. The number of hydrogen-bond donors (Lipinski definition) is 1. The predicted octanol–water partition coefficient (Wildman–Crippen LogP) is 4.97. The lowest BCUT2D eigenvalue weighted by molar-refractivity contribution is -0.122. The molecule has 1 saturated heterocycles. The molecular formula is C24H25ClN2O4S. The van der Waals surface area contributed by atoms with Crippen molar-refractivity contribution in [3.63, 3.8) is 0 Å². The Morgan fingerprint density at radius 1 is 1.19 bits per heavy atom. The second-order valence-corrected chi connectivity index (χ2v) is 8.39. The Morgan fingerprint density at radius 2 is 1.91 bits per heavy atom. The quantitative estimate of drug-likeness (QED) is 0.365. The molecule has 0 aromatic heterocycles. The largest absolute Gasteiger partial charge is 0.493 e. The molecule has 2 aromatic rings. The van der Waals surface area contributed by atoms with E-state index in [0.29, 0.717) is 27.8 Å². The Kier molecular flexibility index (Phi) is 7.21. The van der Waals surface area contributed by atoms with Crippen LogP contribution in [0.3, 0.4) is 0 Å². The minimum Gasteiger partial charge on any atom is -0.493 e. The summed E-state index contributed by atoms with van der Waals surface area (Å²) in [5, 5.41) is 2.95. The van der Waals surface area contributed by atoms with Gasteiger partial charge in [0.2, 0.25) is 0 Å². The fourth-order valence-electron chi connectivity index (χ4n) is 3.15. The highest BCUT2D eigenvalue weighted by atomic mass is 35.5.